The van der Waals surface area contributed by atoms with E-state index >= 15 is 0 Å². The Morgan fingerprint density at radius 2 is 1.70 bits per heavy atom. The number of hydrogen-bond acceptors (Lipinski definition) is 3. The van der Waals surface area contributed by atoms with Gasteiger partial charge in [0.25, 0.3) is 0 Å². The molecule has 0 aromatic heterocycles. The number of fused-ring (bicyclic) bond motifs is 2. The molecule has 23 heavy (non-hydrogen) atoms. The first-order chi connectivity index (χ1) is 11.1. The maximum absolute atomic E-state index is 10.1. The fraction of sp³-hybridized carbons (Fsp3) is 0.333. The van der Waals surface area contributed by atoms with Crippen molar-refractivity contribution in [2.24, 2.45) is 5.92 Å². The van der Waals surface area contributed by atoms with Crippen LogP contribution in [0.25, 0.3) is 0 Å². The van der Waals surface area contributed by atoms with Gasteiger partial charge in [-0.1, -0.05) is 18.9 Å². The molecule has 1 fully saturated rings. The lowest BCUT2D eigenvalue weighted by Crippen LogP contribution is -2.18. The van der Waals surface area contributed by atoms with Gasteiger partial charge in [-0.05, 0) is 76.1 Å². The van der Waals surface area contributed by atoms with Crippen molar-refractivity contribution in [3.8, 4) is 23.0 Å². The molecule has 0 amide bonds. The van der Waals surface area contributed by atoms with Gasteiger partial charge in [-0.3, -0.25) is 0 Å². The van der Waals surface area contributed by atoms with Gasteiger partial charge in [-0.15, -0.1) is 0 Å². The van der Waals surface area contributed by atoms with Crippen molar-refractivity contribution >= 4 is 45.2 Å². The van der Waals surface area contributed by atoms with Gasteiger partial charge in [-0.2, -0.15) is 0 Å². The van der Waals surface area contributed by atoms with Gasteiger partial charge < -0.3 is 14.9 Å². The molecule has 2 aliphatic rings. The van der Waals surface area contributed by atoms with Crippen molar-refractivity contribution in [3.63, 3.8) is 0 Å². The number of hydrogen-bond donors (Lipinski definition) is 2. The highest BCUT2D eigenvalue weighted by atomic mass is 127. The van der Waals surface area contributed by atoms with E-state index in [2.05, 4.69) is 51.2 Å². The normalized spacial score (nSPS) is 20.0. The highest BCUT2D eigenvalue weighted by Gasteiger charge is 2.36. The van der Waals surface area contributed by atoms with Crippen LogP contribution in [-0.2, 0) is 0 Å². The first kappa shape index (κ1) is 15.8. The van der Waals surface area contributed by atoms with Crippen LogP contribution >= 0.6 is 45.2 Å². The van der Waals surface area contributed by atoms with Crippen molar-refractivity contribution in [1.29, 1.82) is 0 Å². The molecule has 120 valence electrons. The number of benzene rings is 2. The fourth-order valence-electron chi connectivity index (χ4n) is 3.87. The lowest BCUT2D eigenvalue weighted by molar-refractivity contribution is 0.386. The Balaban J connectivity index is 1.94. The number of rotatable bonds is 1. The number of ether oxygens (including phenoxy) is 1. The predicted octanol–water partition coefficient (Wildman–Crippen LogP) is 5.73. The van der Waals surface area contributed by atoms with Crippen LogP contribution in [0.15, 0.2) is 24.3 Å². The van der Waals surface area contributed by atoms with Crippen molar-refractivity contribution in [2.75, 3.05) is 0 Å². The zero-order chi connectivity index (χ0) is 16.1. The Morgan fingerprint density at radius 1 is 0.957 bits per heavy atom. The van der Waals surface area contributed by atoms with Crippen LogP contribution in [-0.4, -0.2) is 10.2 Å². The summed E-state index contributed by atoms with van der Waals surface area (Å²) in [6, 6.07) is 7.53. The van der Waals surface area contributed by atoms with E-state index in [9.17, 15) is 10.2 Å². The molecule has 3 nitrogen and oxygen atoms in total. The third-order valence-corrected chi connectivity index (χ3v) is 6.85. The minimum Gasteiger partial charge on any atom is -0.507 e. The molecule has 1 aliphatic heterocycles. The van der Waals surface area contributed by atoms with Gasteiger partial charge in [-0.25, -0.2) is 0 Å². The highest BCUT2D eigenvalue weighted by molar-refractivity contribution is 14.1. The smallest absolute Gasteiger partial charge is 0.148 e. The predicted molar refractivity (Wildman–Crippen MR) is 106 cm³/mol. The molecule has 1 unspecified atom stereocenters. The van der Waals surface area contributed by atoms with Crippen LogP contribution in [0.1, 0.15) is 42.7 Å². The molecular formula is C18H16I2O3. The van der Waals surface area contributed by atoms with Crippen molar-refractivity contribution in [1.82, 2.24) is 0 Å². The minimum atomic E-state index is 0.243. The summed E-state index contributed by atoms with van der Waals surface area (Å²) in [6.07, 6.45) is 4.99. The fourth-order valence-corrected chi connectivity index (χ4v) is 4.97. The lowest BCUT2D eigenvalue weighted by atomic mass is 9.78. The second-order valence-corrected chi connectivity index (χ2v) is 8.52. The standard InChI is InChI=1S/C18H16I2O3/c19-12-7-11-15(8-14(12)22)23-18-10(5-6-13(21)17(18)20)16(11)9-3-1-2-4-9/h5-9,16,21-22H,1-4H2. The lowest BCUT2D eigenvalue weighted by Gasteiger charge is -2.33. The maximum atomic E-state index is 10.1. The Hall–Kier alpha value is -0.700. The first-order valence-electron chi connectivity index (χ1n) is 7.78. The van der Waals surface area contributed by atoms with Crippen molar-refractivity contribution < 1.29 is 14.9 Å². The second kappa shape index (κ2) is 5.98. The monoisotopic (exact) mass is 534 g/mol. The average Bonchev–Trinajstić information content (AvgIpc) is 3.05. The van der Waals surface area contributed by atoms with Crippen LogP contribution in [0.2, 0.25) is 0 Å². The summed E-state index contributed by atoms with van der Waals surface area (Å²) in [6.45, 7) is 0. The summed E-state index contributed by atoms with van der Waals surface area (Å²) < 4.78 is 7.68. The van der Waals surface area contributed by atoms with Gasteiger partial charge in [0, 0.05) is 23.1 Å². The summed E-state index contributed by atoms with van der Waals surface area (Å²) >= 11 is 4.30. The van der Waals surface area contributed by atoms with Crippen LogP contribution < -0.4 is 4.74 Å². The summed E-state index contributed by atoms with van der Waals surface area (Å²) in [4.78, 5) is 0. The molecule has 2 aromatic carbocycles. The van der Waals surface area contributed by atoms with Gasteiger partial charge in [0.2, 0.25) is 0 Å². The van der Waals surface area contributed by atoms with Crippen LogP contribution in [0, 0.1) is 13.1 Å². The minimum absolute atomic E-state index is 0.243. The number of aromatic hydroxyl groups is 2. The Labute approximate surface area is 162 Å². The maximum Gasteiger partial charge on any atom is 0.148 e. The topological polar surface area (TPSA) is 49.7 Å². The van der Waals surface area contributed by atoms with E-state index in [-0.39, 0.29) is 17.4 Å². The molecule has 4 rings (SSSR count). The number of phenolic OH excluding ortho intramolecular Hbond substituents is 2. The van der Waals surface area contributed by atoms with Crippen LogP contribution in [0.5, 0.6) is 23.0 Å². The second-order valence-electron chi connectivity index (χ2n) is 6.28. The van der Waals surface area contributed by atoms with Crippen LogP contribution in [0.4, 0.5) is 0 Å². The molecule has 1 atom stereocenters. The van der Waals surface area contributed by atoms with Gasteiger partial charge in [0.05, 0.1) is 7.14 Å². The van der Waals surface area contributed by atoms with E-state index in [0.717, 1.165) is 29.8 Å². The van der Waals surface area contributed by atoms with E-state index in [0.29, 0.717) is 5.92 Å². The molecule has 0 saturated heterocycles. The zero-order valence-corrected chi connectivity index (χ0v) is 16.7. The quantitative estimate of drug-likeness (QED) is 0.460. The molecule has 1 heterocycles. The zero-order valence-electron chi connectivity index (χ0n) is 12.4. The molecule has 0 spiro atoms. The van der Waals surface area contributed by atoms with Gasteiger partial charge in [0.1, 0.15) is 23.0 Å². The van der Waals surface area contributed by atoms with E-state index in [1.807, 2.05) is 6.07 Å². The summed E-state index contributed by atoms with van der Waals surface area (Å²) in [5, 5.41) is 20.1. The number of phenols is 2. The summed E-state index contributed by atoms with van der Waals surface area (Å²) in [7, 11) is 0. The SMILES string of the molecule is Oc1cc2c(cc1I)C(C1CCCC1)c1ccc(O)c(I)c1O2. The van der Waals surface area contributed by atoms with E-state index < -0.39 is 0 Å². The molecule has 0 radical (unpaired) electrons. The summed E-state index contributed by atoms with van der Waals surface area (Å²) in [5.41, 5.74) is 2.32. The molecule has 2 N–H and O–H groups in total. The molecule has 2 aromatic rings. The summed E-state index contributed by atoms with van der Waals surface area (Å²) in [5.74, 6) is 2.82. The molecular weight excluding hydrogens is 518 g/mol. The van der Waals surface area contributed by atoms with Gasteiger partial charge in [0.15, 0.2) is 0 Å². The third-order valence-electron chi connectivity index (χ3n) is 4.94. The van der Waals surface area contributed by atoms with Gasteiger partial charge >= 0.3 is 0 Å². The van der Waals surface area contributed by atoms with E-state index in [4.69, 9.17) is 4.74 Å². The molecule has 1 aliphatic carbocycles. The van der Waals surface area contributed by atoms with Crippen molar-refractivity contribution in [3.05, 3.63) is 42.5 Å². The van der Waals surface area contributed by atoms with E-state index in [1.54, 1.807) is 12.1 Å². The largest absolute Gasteiger partial charge is 0.507 e. The highest BCUT2D eigenvalue weighted by Crippen LogP contribution is 2.54. The molecule has 5 heteroatoms. The Bertz CT molecular complexity index is 780. The molecule has 1 saturated carbocycles. The Kier molecular flexibility index (Phi) is 4.11. The average molecular weight is 534 g/mol. The number of halogens is 2. The third kappa shape index (κ3) is 2.59. The van der Waals surface area contributed by atoms with E-state index in [1.165, 1.54) is 25.7 Å². The Morgan fingerprint density at radius 3 is 2.43 bits per heavy atom. The van der Waals surface area contributed by atoms with Crippen LogP contribution in [0.3, 0.4) is 0 Å². The first-order valence-corrected chi connectivity index (χ1v) is 9.93. The van der Waals surface area contributed by atoms with Crippen molar-refractivity contribution in [2.45, 2.75) is 31.6 Å². The molecule has 0 bridgehead atoms.